The van der Waals surface area contributed by atoms with Gasteiger partial charge in [-0.1, -0.05) is 12.1 Å². The second kappa shape index (κ2) is 5.13. The maximum atomic E-state index is 4.40. The molecule has 1 radical (unpaired) electrons. The van der Waals surface area contributed by atoms with Gasteiger partial charge in [0.2, 0.25) is 0 Å². The summed E-state index contributed by atoms with van der Waals surface area (Å²) in [4.78, 5) is 2.55. The minimum Gasteiger partial charge on any atom is -0.384 e. The van der Waals surface area contributed by atoms with E-state index < -0.39 is 0 Å². The molecule has 4 unspecified atom stereocenters. The van der Waals surface area contributed by atoms with Crippen molar-refractivity contribution in [2.75, 3.05) is 25.5 Å². The number of likely N-dealkylation sites (tertiary alicyclic amines) is 1. The summed E-state index contributed by atoms with van der Waals surface area (Å²) in [5.74, 6) is 2.08. The molecule has 4 atom stereocenters. The molecular weight excluding hydrogens is 309 g/mol. The van der Waals surface area contributed by atoms with E-state index in [0.717, 1.165) is 24.4 Å². The van der Waals surface area contributed by atoms with Crippen LogP contribution in [0.3, 0.4) is 0 Å². The number of fused-ring (bicyclic) bond motifs is 1. The zero-order valence-electron chi connectivity index (χ0n) is 11.6. The van der Waals surface area contributed by atoms with Gasteiger partial charge in [0.05, 0.1) is 0 Å². The normalized spacial score (nSPS) is 35.9. The Morgan fingerprint density at radius 3 is 3.05 bits per heavy atom. The van der Waals surface area contributed by atoms with Crippen LogP contribution in [0.4, 0.5) is 5.69 Å². The standard InChI is InChI=1S/C16H21N2.Y/c1-10-9-18(2)15-7-12-8-17-14-5-3-4-11(16(12)14)6-13(10)15;/h3-5,10,12-13,15,17H,1,6-9H2,2H3;/q-1;. The van der Waals surface area contributed by atoms with E-state index in [4.69, 9.17) is 0 Å². The number of rotatable bonds is 0. The summed E-state index contributed by atoms with van der Waals surface area (Å²) in [6.07, 6.45) is 2.54. The summed E-state index contributed by atoms with van der Waals surface area (Å²) in [5.41, 5.74) is 4.59. The number of hydrogen-bond donors (Lipinski definition) is 1. The monoisotopic (exact) mass is 330 g/mol. The van der Waals surface area contributed by atoms with Crippen molar-refractivity contribution < 1.29 is 32.7 Å². The van der Waals surface area contributed by atoms with Gasteiger partial charge >= 0.3 is 0 Å². The first-order valence-corrected chi connectivity index (χ1v) is 7.13. The first kappa shape index (κ1) is 14.0. The fraction of sp³-hybridized carbons (Fsp3) is 0.562. The summed E-state index contributed by atoms with van der Waals surface area (Å²) in [7, 11) is 2.28. The van der Waals surface area contributed by atoms with Crippen LogP contribution in [0.1, 0.15) is 23.5 Å². The number of nitrogens with one attached hydrogen (secondary N) is 1. The first-order chi connectivity index (χ1) is 8.74. The van der Waals surface area contributed by atoms with Crippen molar-refractivity contribution >= 4 is 5.69 Å². The second-order valence-electron chi connectivity index (χ2n) is 6.33. The van der Waals surface area contributed by atoms with Gasteiger partial charge in [-0.25, -0.2) is 0 Å². The molecule has 99 valence electrons. The fourth-order valence-corrected chi connectivity index (χ4v) is 4.45. The average molecular weight is 330 g/mol. The van der Waals surface area contributed by atoms with Gasteiger partial charge in [0.1, 0.15) is 0 Å². The van der Waals surface area contributed by atoms with Crippen LogP contribution >= 0.6 is 0 Å². The van der Waals surface area contributed by atoms with Gasteiger partial charge < -0.3 is 17.1 Å². The fourth-order valence-electron chi connectivity index (χ4n) is 4.45. The second-order valence-corrected chi connectivity index (χ2v) is 6.33. The zero-order chi connectivity index (χ0) is 12.3. The summed E-state index contributed by atoms with van der Waals surface area (Å²) < 4.78 is 0. The SMILES string of the molecule is [CH2-]C1CN(C)C2CC3CNc4cccc(c43)CC12.[Y]. The molecule has 19 heavy (non-hydrogen) atoms. The Balaban J connectivity index is 0.00000110. The van der Waals surface area contributed by atoms with Crippen LogP contribution < -0.4 is 5.32 Å². The van der Waals surface area contributed by atoms with E-state index in [1.165, 1.54) is 25.1 Å². The Kier molecular flexibility index (Phi) is 3.79. The molecule has 0 bridgehead atoms. The van der Waals surface area contributed by atoms with Crippen molar-refractivity contribution in [3.63, 3.8) is 0 Å². The van der Waals surface area contributed by atoms with Crippen molar-refractivity contribution in [2.24, 2.45) is 11.8 Å². The average Bonchev–Trinajstić information content (AvgIpc) is 2.80. The molecule has 1 aliphatic carbocycles. The molecule has 2 heterocycles. The van der Waals surface area contributed by atoms with Crippen molar-refractivity contribution in [2.45, 2.75) is 24.8 Å². The zero-order valence-corrected chi connectivity index (χ0v) is 14.4. The van der Waals surface area contributed by atoms with Crippen LogP contribution in [0.25, 0.3) is 0 Å². The van der Waals surface area contributed by atoms with Gasteiger partial charge in [0.15, 0.2) is 0 Å². The smallest absolute Gasteiger partial charge is 0.0379 e. The molecule has 1 saturated heterocycles. The minimum atomic E-state index is 0. The van der Waals surface area contributed by atoms with Gasteiger partial charge in [0, 0.05) is 56.9 Å². The molecule has 0 aromatic heterocycles. The van der Waals surface area contributed by atoms with Gasteiger partial charge in [-0.15, -0.1) is 0 Å². The first-order valence-electron chi connectivity index (χ1n) is 7.13. The van der Waals surface area contributed by atoms with E-state index in [9.17, 15) is 0 Å². The van der Waals surface area contributed by atoms with E-state index in [1.807, 2.05) is 0 Å². The summed E-state index contributed by atoms with van der Waals surface area (Å²) in [5, 5.41) is 3.58. The number of hydrogen-bond acceptors (Lipinski definition) is 2. The van der Waals surface area contributed by atoms with Crippen LogP contribution in [0, 0.1) is 18.8 Å². The van der Waals surface area contributed by atoms with Crippen molar-refractivity contribution in [3.05, 3.63) is 36.2 Å². The topological polar surface area (TPSA) is 15.3 Å². The van der Waals surface area contributed by atoms with Crippen LogP contribution in [-0.2, 0) is 39.1 Å². The van der Waals surface area contributed by atoms with Gasteiger partial charge in [-0.2, -0.15) is 5.92 Å². The third kappa shape index (κ3) is 2.11. The van der Waals surface area contributed by atoms with Crippen molar-refractivity contribution in [3.8, 4) is 0 Å². The van der Waals surface area contributed by atoms with E-state index >= 15 is 0 Å². The Bertz CT molecular complexity index is 488. The van der Waals surface area contributed by atoms with Gasteiger partial charge in [-0.3, -0.25) is 0 Å². The molecule has 1 fully saturated rings. The molecule has 1 aromatic carbocycles. The van der Waals surface area contributed by atoms with Crippen LogP contribution in [0.2, 0.25) is 0 Å². The maximum absolute atomic E-state index is 4.40. The van der Waals surface area contributed by atoms with Crippen molar-refractivity contribution in [1.82, 2.24) is 4.90 Å². The molecule has 0 saturated carbocycles. The van der Waals surface area contributed by atoms with Gasteiger partial charge in [0.25, 0.3) is 0 Å². The molecule has 0 amide bonds. The third-order valence-electron chi connectivity index (χ3n) is 5.31. The summed E-state index contributed by atoms with van der Waals surface area (Å²) >= 11 is 0. The van der Waals surface area contributed by atoms with E-state index in [0.29, 0.717) is 5.92 Å². The Labute approximate surface area is 141 Å². The molecule has 1 N–H and O–H groups in total. The maximum Gasteiger partial charge on any atom is 0.0379 e. The molecule has 2 nitrogen and oxygen atoms in total. The quantitative estimate of drug-likeness (QED) is 0.736. The summed E-state index contributed by atoms with van der Waals surface area (Å²) in [6.45, 7) is 6.70. The van der Waals surface area contributed by atoms with Crippen molar-refractivity contribution in [1.29, 1.82) is 0 Å². The molecule has 3 aliphatic rings. The minimum absolute atomic E-state index is 0. The molecule has 3 heteroatoms. The number of benzene rings is 1. The predicted octanol–water partition coefficient (Wildman–Crippen LogP) is 2.52. The van der Waals surface area contributed by atoms with E-state index in [-0.39, 0.29) is 32.7 Å². The molecule has 1 aromatic rings. The largest absolute Gasteiger partial charge is 0.384 e. The molecule has 0 spiro atoms. The Morgan fingerprint density at radius 2 is 2.21 bits per heavy atom. The van der Waals surface area contributed by atoms with E-state index in [1.54, 1.807) is 11.1 Å². The molecule has 2 aliphatic heterocycles. The number of anilines is 1. The molecule has 4 rings (SSSR count). The predicted molar refractivity (Wildman–Crippen MR) is 74.7 cm³/mol. The van der Waals surface area contributed by atoms with Crippen LogP contribution in [0.5, 0.6) is 0 Å². The number of nitrogens with zero attached hydrogens (tertiary/aromatic N) is 1. The van der Waals surface area contributed by atoms with Crippen LogP contribution in [-0.4, -0.2) is 31.1 Å². The molecular formula is C16H21N2Y-. The van der Waals surface area contributed by atoms with Crippen LogP contribution in [0.15, 0.2) is 18.2 Å². The Hall–Kier alpha value is 0.0839. The van der Waals surface area contributed by atoms with E-state index in [2.05, 4.69) is 42.4 Å². The summed E-state index contributed by atoms with van der Waals surface area (Å²) in [6, 6.07) is 7.52. The Morgan fingerprint density at radius 1 is 1.37 bits per heavy atom. The third-order valence-corrected chi connectivity index (χ3v) is 5.31. The van der Waals surface area contributed by atoms with Gasteiger partial charge in [-0.05, 0) is 49.5 Å².